The number of hydrogen-bond donors (Lipinski definition) is 1. The van der Waals surface area contributed by atoms with Crippen molar-refractivity contribution in [3.63, 3.8) is 0 Å². The largest absolute Gasteiger partial charge is 0.311 e. The lowest BCUT2D eigenvalue weighted by atomic mass is 9.62. The van der Waals surface area contributed by atoms with Gasteiger partial charge in [-0.3, -0.25) is 0 Å². The second-order valence-corrected chi connectivity index (χ2v) is 7.11. The highest BCUT2D eigenvalue weighted by Crippen LogP contribution is 2.43. The van der Waals surface area contributed by atoms with Crippen molar-refractivity contribution in [1.29, 1.82) is 5.26 Å². The molecule has 0 radical (unpaired) electrons. The standard InChI is InChI=1S/C17H24N2S/c1-3-20-10-9-14(2)19-16-11-17(12-16,13-18)15-7-5-4-6-8-15/h4-8,14,16,19H,3,9-12H2,1-2H3. The van der Waals surface area contributed by atoms with Gasteiger partial charge in [-0.1, -0.05) is 37.3 Å². The van der Waals surface area contributed by atoms with Crippen LogP contribution in [0.2, 0.25) is 0 Å². The molecule has 1 saturated carbocycles. The van der Waals surface area contributed by atoms with Gasteiger partial charge in [0.15, 0.2) is 0 Å². The van der Waals surface area contributed by atoms with E-state index in [0.29, 0.717) is 12.1 Å². The third-order valence-corrected chi connectivity index (χ3v) is 5.08. The van der Waals surface area contributed by atoms with Crippen LogP contribution in [-0.4, -0.2) is 23.6 Å². The monoisotopic (exact) mass is 288 g/mol. The van der Waals surface area contributed by atoms with Gasteiger partial charge in [0.2, 0.25) is 0 Å². The Kier molecular flexibility index (Phi) is 5.51. The van der Waals surface area contributed by atoms with Crippen molar-refractivity contribution in [3.8, 4) is 6.07 Å². The van der Waals surface area contributed by atoms with Gasteiger partial charge >= 0.3 is 0 Å². The Morgan fingerprint density at radius 2 is 2.10 bits per heavy atom. The minimum Gasteiger partial charge on any atom is -0.311 e. The number of nitrogens with zero attached hydrogens (tertiary/aromatic N) is 1. The molecular formula is C17H24N2S. The average Bonchev–Trinajstić information content (AvgIpc) is 2.43. The number of rotatable bonds is 7. The quantitative estimate of drug-likeness (QED) is 0.777. The highest BCUT2D eigenvalue weighted by atomic mass is 32.2. The molecule has 1 N–H and O–H groups in total. The topological polar surface area (TPSA) is 35.8 Å². The lowest BCUT2D eigenvalue weighted by molar-refractivity contribution is 0.211. The first-order valence-electron chi connectivity index (χ1n) is 7.51. The number of thioether (sulfide) groups is 1. The van der Waals surface area contributed by atoms with Crippen LogP contribution in [0.25, 0.3) is 0 Å². The molecular weight excluding hydrogens is 264 g/mol. The summed E-state index contributed by atoms with van der Waals surface area (Å²) in [5.41, 5.74) is 0.923. The number of nitrogens with one attached hydrogen (secondary N) is 1. The van der Waals surface area contributed by atoms with Crippen molar-refractivity contribution in [2.24, 2.45) is 0 Å². The minimum absolute atomic E-state index is 0.253. The third-order valence-electron chi connectivity index (χ3n) is 4.15. The van der Waals surface area contributed by atoms with E-state index in [1.807, 2.05) is 30.0 Å². The zero-order valence-electron chi connectivity index (χ0n) is 12.4. The van der Waals surface area contributed by atoms with E-state index in [0.717, 1.165) is 12.8 Å². The number of hydrogen-bond acceptors (Lipinski definition) is 3. The summed E-state index contributed by atoms with van der Waals surface area (Å²) in [5.74, 6) is 2.42. The van der Waals surface area contributed by atoms with E-state index in [4.69, 9.17) is 0 Å². The second-order valence-electron chi connectivity index (χ2n) is 5.72. The van der Waals surface area contributed by atoms with Gasteiger partial charge in [0.25, 0.3) is 0 Å². The summed E-state index contributed by atoms with van der Waals surface area (Å²) in [5, 5.41) is 13.2. The Bertz CT molecular complexity index is 446. The normalized spacial score (nSPS) is 26.6. The second kappa shape index (κ2) is 7.15. The molecule has 1 aromatic carbocycles. The maximum Gasteiger partial charge on any atom is 0.0852 e. The molecule has 1 aromatic rings. The fourth-order valence-corrected chi connectivity index (χ4v) is 3.75. The van der Waals surface area contributed by atoms with Crippen molar-refractivity contribution in [1.82, 2.24) is 5.32 Å². The van der Waals surface area contributed by atoms with E-state index in [-0.39, 0.29) is 5.41 Å². The van der Waals surface area contributed by atoms with E-state index >= 15 is 0 Å². The Labute approximate surface area is 127 Å². The van der Waals surface area contributed by atoms with Crippen molar-refractivity contribution in [2.45, 2.75) is 50.6 Å². The molecule has 1 atom stereocenters. The van der Waals surface area contributed by atoms with Gasteiger partial charge in [0.1, 0.15) is 0 Å². The zero-order valence-corrected chi connectivity index (χ0v) is 13.2. The molecule has 0 bridgehead atoms. The van der Waals surface area contributed by atoms with Crippen molar-refractivity contribution >= 4 is 11.8 Å². The molecule has 20 heavy (non-hydrogen) atoms. The molecule has 108 valence electrons. The van der Waals surface area contributed by atoms with Crippen molar-refractivity contribution < 1.29 is 0 Å². The van der Waals surface area contributed by atoms with Crippen LogP contribution in [0.1, 0.15) is 38.7 Å². The van der Waals surface area contributed by atoms with E-state index in [9.17, 15) is 5.26 Å². The Balaban J connectivity index is 1.82. The summed E-state index contributed by atoms with van der Waals surface area (Å²) in [6.45, 7) is 4.46. The molecule has 1 aliphatic rings. The minimum atomic E-state index is -0.253. The molecule has 1 aliphatic carbocycles. The van der Waals surface area contributed by atoms with Gasteiger partial charge in [-0.15, -0.1) is 0 Å². The van der Waals surface area contributed by atoms with Crippen LogP contribution in [0.3, 0.4) is 0 Å². The lowest BCUT2D eigenvalue weighted by Gasteiger charge is -2.44. The molecule has 0 aromatic heterocycles. The predicted molar refractivity (Wildman–Crippen MR) is 87.0 cm³/mol. The van der Waals surface area contributed by atoms with Gasteiger partial charge in [0.05, 0.1) is 11.5 Å². The number of benzene rings is 1. The van der Waals surface area contributed by atoms with Crippen LogP contribution < -0.4 is 5.32 Å². The molecule has 1 unspecified atom stereocenters. The van der Waals surface area contributed by atoms with Crippen molar-refractivity contribution in [3.05, 3.63) is 35.9 Å². The summed E-state index contributed by atoms with van der Waals surface area (Å²) in [6.07, 6.45) is 3.09. The van der Waals surface area contributed by atoms with Crippen LogP contribution in [0.15, 0.2) is 30.3 Å². The third kappa shape index (κ3) is 3.56. The van der Waals surface area contributed by atoms with E-state index in [1.165, 1.54) is 23.5 Å². The molecule has 1 fully saturated rings. The summed E-state index contributed by atoms with van der Waals surface area (Å²) < 4.78 is 0. The average molecular weight is 288 g/mol. The SMILES string of the molecule is CCSCCC(C)NC1CC(C#N)(c2ccccc2)C1. The van der Waals surface area contributed by atoms with Crippen LogP contribution in [-0.2, 0) is 5.41 Å². The van der Waals surface area contributed by atoms with Crippen LogP contribution in [0.4, 0.5) is 0 Å². The van der Waals surface area contributed by atoms with Gasteiger partial charge in [-0.05, 0) is 43.3 Å². The first kappa shape index (κ1) is 15.4. The summed E-state index contributed by atoms with van der Waals surface area (Å²) in [6, 6.07) is 13.8. The molecule has 0 saturated heterocycles. The van der Waals surface area contributed by atoms with Gasteiger partial charge < -0.3 is 5.32 Å². The first-order chi connectivity index (χ1) is 9.70. The highest BCUT2D eigenvalue weighted by Gasteiger charge is 2.46. The lowest BCUT2D eigenvalue weighted by Crippen LogP contribution is -2.53. The van der Waals surface area contributed by atoms with Crippen LogP contribution in [0, 0.1) is 11.3 Å². The highest BCUT2D eigenvalue weighted by molar-refractivity contribution is 7.99. The molecule has 0 spiro atoms. The van der Waals surface area contributed by atoms with Crippen LogP contribution >= 0.6 is 11.8 Å². The number of nitriles is 1. The molecule has 0 heterocycles. The molecule has 3 heteroatoms. The Morgan fingerprint density at radius 3 is 2.70 bits per heavy atom. The predicted octanol–water partition coefficient (Wildman–Crippen LogP) is 3.73. The Hall–Kier alpha value is -0.980. The Morgan fingerprint density at radius 1 is 1.40 bits per heavy atom. The maximum absolute atomic E-state index is 9.53. The van der Waals surface area contributed by atoms with E-state index in [1.54, 1.807) is 0 Å². The van der Waals surface area contributed by atoms with Crippen LogP contribution in [0.5, 0.6) is 0 Å². The maximum atomic E-state index is 9.53. The van der Waals surface area contributed by atoms with Crippen molar-refractivity contribution in [2.75, 3.05) is 11.5 Å². The van der Waals surface area contributed by atoms with E-state index in [2.05, 4.69) is 37.4 Å². The fourth-order valence-electron chi connectivity index (χ4n) is 2.94. The summed E-state index contributed by atoms with van der Waals surface area (Å²) in [4.78, 5) is 0. The van der Waals surface area contributed by atoms with Gasteiger partial charge in [-0.25, -0.2) is 0 Å². The molecule has 2 rings (SSSR count). The zero-order chi connectivity index (χ0) is 14.4. The van der Waals surface area contributed by atoms with Gasteiger partial charge in [0, 0.05) is 12.1 Å². The smallest absolute Gasteiger partial charge is 0.0852 e. The first-order valence-corrected chi connectivity index (χ1v) is 8.66. The fraction of sp³-hybridized carbons (Fsp3) is 0.588. The summed E-state index contributed by atoms with van der Waals surface area (Å²) >= 11 is 2.00. The molecule has 0 amide bonds. The summed E-state index contributed by atoms with van der Waals surface area (Å²) in [7, 11) is 0. The van der Waals surface area contributed by atoms with Gasteiger partial charge in [-0.2, -0.15) is 17.0 Å². The molecule has 2 nitrogen and oxygen atoms in total. The molecule has 0 aliphatic heterocycles. The van der Waals surface area contributed by atoms with E-state index < -0.39 is 0 Å².